The van der Waals surface area contributed by atoms with E-state index in [0.717, 1.165) is 32.4 Å². The van der Waals surface area contributed by atoms with Crippen LogP contribution in [0.1, 0.15) is 47.0 Å². The third-order valence-corrected chi connectivity index (χ3v) is 6.42. The summed E-state index contributed by atoms with van der Waals surface area (Å²) in [6.07, 6.45) is 12.6. The van der Waals surface area contributed by atoms with Gasteiger partial charge in [0.05, 0.1) is 17.4 Å². The van der Waals surface area contributed by atoms with E-state index in [2.05, 4.69) is 53.4 Å². The first-order chi connectivity index (χ1) is 14.8. The summed E-state index contributed by atoms with van der Waals surface area (Å²) in [4.78, 5) is 12.2. The number of fused-ring (bicyclic) bond motifs is 4. The summed E-state index contributed by atoms with van der Waals surface area (Å²) in [6.45, 7) is 2.25. The molecule has 3 aromatic rings. The van der Waals surface area contributed by atoms with Crippen LogP contribution in [0, 0.1) is 0 Å². The van der Waals surface area contributed by atoms with Crippen molar-refractivity contribution in [2.75, 3.05) is 13.1 Å². The van der Waals surface area contributed by atoms with Crippen molar-refractivity contribution in [3.63, 3.8) is 0 Å². The van der Waals surface area contributed by atoms with Crippen LogP contribution in [0.15, 0.2) is 67.0 Å². The van der Waals surface area contributed by atoms with Crippen molar-refractivity contribution in [1.82, 2.24) is 14.9 Å². The lowest BCUT2D eigenvalue weighted by atomic mass is 9.90. The summed E-state index contributed by atoms with van der Waals surface area (Å²) in [5, 5.41) is 0. The third kappa shape index (κ3) is 3.57. The lowest BCUT2D eigenvalue weighted by Crippen LogP contribution is -2.32. The molecule has 30 heavy (non-hydrogen) atoms. The number of rotatable bonds is 6. The molecule has 0 saturated heterocycles. The fraction of sp³-hybridized carbons (Fsp3) is 0.308. The molecule has 2 N–H and O–H groups in total. The molecule has 2 aromatic heterocycles. The van der Waals surface area contributed by atoms with Crippen molar-refractivity contribution in [1.29, 1.82) is 0 Å². The zero-order valence-electron chi connectivity index (χ0n) is 17.3. The molecule has 0 saturated carbocycles. The van der Waals surface area contributed by atoms with Gasteiger partial charge in [-0.1, -0.05) is 42.5 Å². The van der Waals surface area contributed by atoms with E-state index in [-0.39, 0.29) is 0 Å². The molecule has 0 bridgehead atoms. The Morgan fingerprint density at radius 3 is 2.80 bits per heavy atom. The largest absolute Gasteiger partial charge is 0.327 e. The lowest BCUT2D eigenvalue weighted by Gasteiger charge is -2.34. The maximum Gasteiger partial charge on any atom is 0.0607 e. The molecule has 2 aliphatic rings. The molecule has 0 spiro atoms. The molecule has 0 amide bonds. The van der Waals surface area contributed by atoms with Crippen molar-refractivity contribution >= 4 is 0 Å². The summed E-state index contributed by atoms with van der Waals surface area (Å²) in [5.41, 5.74) is 15.0. The van der Waals surface area contributed by atoms with E-state index in [0.29, 0.717) is 12.6 Å². The molecule has 0 aliphatic heterocycles. The van der Waals surface area contributed by atoms with Gasteiger partial charge in [0, 0.05) is 38.4 Å². The number of hydrogen-bond donors (Lipinski definition) is 1. The highest BCUT2D eigenvalue weighted by atomic mass is 15.2. The average molecular weight is 397 g/mol. The van der Waals surface area contributed by atoms with Crippen molar-refractivity contribution < 1.29 is 0 Å². The molecule has 2 aliphatic carbocycles. The Morgan fingerprint density at radius 2 is 1.87 bits per heavy atom. The molecular weight excluding hydrogens is 368 g/mol. The Labute approximate surface area is 178 Å². The van der Waals surface area contributed by atoms with Crippen LogP contribution in [0.5, 0.6) is 0 Å². The van der Waals surface area contributed by atoms with E-state index in [1.54, 1.807) is 0 Å². The Kier molecular flexibility index (Phi) is 5.43. The number of aromatic nitrogens is 2. The molecule has 0 fully saturated rings. The van der Waals surface area contributed by atoms with Crippen LogP contribution in [0.25, 0.3) is 11.1 Å². The summed E-state index contributed by atoms with van der Waals surface area (Å²) in [5.74, 6) is 0. The highest BCUT2D eigenvalue weighted by Gasteiger charge is 2.29. The summed E-state index contributed by atoms with van der Waals surface area (Å²) in [6, 6.07) is 15.5. The molecule has 152 valence electrons. The maximum absolute atomic E-state index is 5.71. The zero-order chi connectivity index (χ0) is 20.3. The molecule has 0 unspecified atom stereocenters. The highest BCUT2D eigenvalue weighted by Crippen LogP contribution is 2.39. The van der Waals surface area contributed by atoms with Gasteiger partial charge >= 0.3 is 0 Å². The molecule has 4 heteroatoms. The van der Waals surface area contributed by atoms with Crippen LogP contribution in [0.2, 0.25) is 0 Å². The molecule has 2 heterocycles. The zero-order valence-corrected chi connectivity index (χ0v) is 17.3. The SMILES string of the molecule is NC/C=C/CN(Cc1nccc2c1Cc1ccccc1-2)[C@H]1CCCc2cccnc21. The maximum atomic E-state index is 5.71. The Morgan fingerprint density at radius 1 is 0.967 bits per heavy atom. The quantitative estimate of drug-likeness (QED) is 0.490. The molecule has 1 atom stereocenters. The minimum absolute atomic E-state index is 0.318. The van der Waals surface area contributed by atoms with Gasteiger partial charge in [-0.25, -0.2) is 0 Å². The smallest absolute Gasteiger partial charge is 0.0607 e. The number of hydrogen-bond acceptors (Lipinski definition) is 4. The van der Waals surface area contributed by atoms with Crippen molar-refractivity contribution in [2.24, 2.45) is 5.73 Å². The van der Waals surface area contributed by atoms with Gasteiger partial charge in [0.1, 0.15) is 0 Å². The van der Waals surface area contributed by atoms with Gasteiger partial charge in [-0.2, -0.15) is 0 Å². The Bertz CT molecular complexity index is 1070. The fourth-order valence-electron chi connectivity index (χ4n) is 4.99. The molecule has 5 rings (SSSR count). The van der Waals surface area contributed by atoms with Crippen molar-refractivity contribution in [2.45, 2.75) is 38.3 Å². The third-order valence-electron chi connectivity index (χ3n) is 6.42. The second-order valence-corrected chi connectivity index (χ2v) is 8.21. The van der Waals surface area contributed by atoms with Crippen LogP contribution < -0.4 is 5.73 Å². The first-order valence-corrected chi connectivity index (χ1v) is 10.9. The van der Waals surface area contributed by atoms with Gasteiger partial charge in [0.15, 0.2) is 0 Å². The molecule has 0 radical (unpaired) electrons. The summed E-state index contributed by atoms with van der Waals surface area (Å²) < 4.78 is 0. The van der Waals surface area contributed by atoms with E-state index in [1.807, 2.05) is 18.5 Å². The van der Waals surface area contributed by atoms with E-state index >= 15 is 0 Å². The highest BCUT2D eigenvalue weighted by molar-refractivity contribution is 5.77. The van der Waals surface area contributed by atoms with E-state index in [4.69, 9.17) is 15.7 Å². The lowest BCUT2D eigenvalue weighted by molar-refractivity contribution is 0.182. The number of nitrogens with zero attached hydrogens (tertiary/aromatic N) is 3. The van der Waals surface area contributed by atoms with Gasteiger partial charge in [0.2, 0.25) is 0 Å². The van der Waals surface area contributed by atoms with Gasteiger partial charge in [-0.05, 0) is 59.2 Å². The van der Waals surface area contributed by atoms with E-state index in [1.165, 1.54) is 45.6 Å². The summed E-state index contributed by atoms with van der Waals surface area (Å²) >= 11 is 0. The monoisotopic (exact) mass is 396 g/mol. The average Bonchev–Trinajstić information content (AvgIpc) is 3.18. The minimum Gasteiger partial charge on any atom is -0.327 e. The van der Waals surface area contributed by atoms with Crippen LogP contribution in [-0.2, 0) is 19.4 Å². The topological polar surface area (TPSA) is 55.0 Å². The number of benzene rings is 1. The number of aryl methyl sites for hydroxylation is 1. The van der Waals surface area contributed by atoms with Crippen LogP contribution in [-0.4, -0.2) is 28.0 Å². The number of nitrogens with two attached hydrogens (primary N) is 1. The van der Waals surface area contributed by atoms with Gasteiger partial charge in [-0.15, -0.1) is 0 Å². The molecule has 4 nitrogen and oxygen atoms in total. The molecular formula is C26H28N4. The Hall–Kier alpha value is -2.82. The van der Waals surface area contributed by atoms with Crippen LogP contribution in [0.4, 0.5) is 0 Å². The van der Waals surface area contributed by atoms with Crippen LogP contribution >= 0.6 is 0 Å². The summed E-state index contributed by atoms with van der Waals surface area (Å²) in [7, 11) is 0. The van der Waals surface area contributed by atoms with Crippen molar-refractivity contribution in [3.8, 4) is 11.1 Å². The van der Waals surface area contributed by atoms with Gasteiger partial charge in [-0.3, -0.25) is 14.9 Å². The Balaban J connectivity index is 1.49. The standard InChI is InChI=1S/C26H28N4/c27-13-3-4-16-30(25-11-5-8-19-9-6-14-29-26(19)25)18-24-23-17-20-7-1-2-10-21(20)22(23)12-15-28-24/h1-4,6-7,9-10,12,14-15,25H,5,8,11,13,16-18,27H2/b4-3+/t25-/m0/s1. The second-order valence-electron chi connectivity index (χ2n) is 8.21. The second kappa shape index (κ2) is 8.50. The minimum atomic E-state index is 0.318. The first-order valence-electron chi connectivity index (χ1n) is 10.9. The van der Waals surface area contributed by atoms with Crippen LogP contribution in [0.3, 0.4) is 0 Å². The van der Waals surface area contributed by atoms with Gasteiger partial charge < -0.3 is 5.73 Å². The van der Waals surface area contributed by atoms with E-state index < -0.39 is 0 Å². The number of pyridine rings is 2. The first kappa shape index (κ1) is 19.2. The predicted molar refractivity (Wildman–Crippen MR) is 121 cm³/mol. The fourth-order valence-corrected chi connectivity index (χ4v) is 4.99. The van der Waals surface area contributed by atoms with E-state index in [9.17, 15) is 0 Å². The predicted octanol–water partition coefficient (Wildman–Crippen LogP) is 4.44. The normalized spacial score (nSPS) is 17.2. The molecule has 1 aromatic carbocycles. The van der Waals surface area contributed by atoms with Gasteiger partial charge in [0.25, 0.3) is 0 Å². The van der Waals surface area contributed by atoms with Crippen molar-refractivity contribution in [3.05, 3.63) is 95.1 Å².